The fourth-order valence-corrected chi connectivity index (χ4v) is 3.93. The summed E-state index contributed by atoms with van der Waals surface area (Å²) in [5.41, 5.74) is 1.90. The van der Waals surface area contributed by atoms with Crippen LogP contribution in [0.4, 0.5) is 0 Å². The van der Waals surface area contributed by atoms with E-state index in [1.54, 1.807) is 12.8 Å². The summed E-state index contributed by atoms with van der Waals surface area (Å²) < 4.78 is 0. The molecule has 0 saturated heterocycles. The molecule has 3 rings (SSSR count). The largest absolute Gasteiger partial charge is 0.0848 e. The van der Waals surface area contributed by atoms with E-state index in [0.29, 0.717) is 0 Å². The van der Waals surface area contributed by atoms with Gasteiger partial charge in [0.2, 0.25) is 0 Å². The van der Waals surface area contributed by atoms with E-state index >= 15 is 0 Å². The fourth-order valence-electron chi connectivity index (χ4n) is 3.93. The maximum atomic E-state index is 2.62. The van der Waals surface area contributed by atoms with Crippen molar-refractivity contribution >= 4 is 0 Å². The van der Waals surface area contributed by atoms with Crippen molar-refractivity contribution in [1.29, 1.82) is 0 Å². The van der Waals surface area contributed by atoms with Gasteiger partial charge in [0.15, 0.2) is 0 Å². The van der Waals surface area contributed by atoms with Gasteiger partial charge < -0.3 is 0 Å². The topological polar surface area (TPSA) is 0 Å². The molecule has 2 fully saturated rings. The van der Waals surface area contributed by atoms with Crippen molar-refractivity contribution in [2.24, 2.45) is 17.8 Å². The minimum Gasteiger partial charge on any atom is -0.0848 e. The molecule has 3 aliphatic rings. The molecule has 3 atom stereocenters. The van der Waals surface area contributed by atoms with Crippen LogP contribution in [0.2, 0.25) is 0 Å². The summed E-state index contributed by atoms with van der Waals surface area (Å²) in [4.78, 5) is 0. The van der Waals surface area contributed by atoms with Crippen molar-refractivity contribution in [1.82, 2.24) is 0 Å². The van der Waals surface area contributed by atoms with Crippen LogP contribution in [-0.2, 0) is 0 Å². The molecule has 2 bridgehead atoms. The smallest absolute Gasteiger partial charge is 0.0172 e. The van der Waals surface area contributed by atoms with Gasteiger partial charge in [0.05, 0.1) is 0 Å². The zero-order chi connectivity index (χ0) is 8.67. The Morgan fingerprint density at radius 3 is 3.00 bits per heavy atom. The van der Waals surface area contributed by atoms with Crippen molar-refractivity contribution in [2.75, 3.05) is 0 Å². The average Bonchev–Trinajstić information content (AvgIpc) is 2.62. The molecule has 0 aromatic carbocycles. The lowest BCUT2D eigenvalue weighted by Gasteiger charge is -2.26. The first-order valence-corrected chi connectivity index (χ1v) is 6.15. The van der Waals surface area contributed by atoms with Crippen LogP contribution in [0.3, 0.4) is 0 Å². The van der Waals surface area contributed by atoms with Crippen molar-refractivity contribution in [3.8, 4) is 0 Å². The summed E-state index contributed by atoms with van der Waals surface area (Å²) in [7, 11) is 0. The predicted octanol–water partition coefficient (Wildman–Crippen LogP) is 3.92. The molecule has 0 N–H and O–H groups in total. The van der Waals surface area contributed by atoms with E-state index < -0.39 is 0 Å². The average molecular weight is 176 g/mol. The predicted molar refractivity (Wildman–Crippen MR) is 55.5 cm³/mol. The zero-order valence-corrected chi connectivity index (χ0v) is 8.47. The van der Waals surface area contributed by atoms with Crippen molar-refractivity contribution in [3.05, 3.63) is 11.6 Å². The molecule has 3 unspecified atom stereocenters. The van der Waals surface area contributed by atoms with E-state index in [1.807, 2.05) is 5.57 Å². The highest BCUT2D eigenvalue weighted by molar-refractivity contribution is 5.21. The molecule has 0 radical (unpaired) electrons. The van der Waals surface area contributed by atoms with Gasteiger partial charge in [0.1, 0.15) is 0 Å². The second-order valence-electron chi connectivity index (χ2n) is 5.22. The Hall–Kier alpha value is -0.260. The molecule has 13 heavy (non-hydrogen) atoms. The highest BCUT2D eigenvalue weighted by Crippen LogP contribution is 2.54. The molecule has 0 aromatic rings. The molecule has 0 heterocycles. The van der Waals surface area contributed by atoms with Gasteiger partial charge in [-0.2, -0.15) is 0 Å². The molecule has 0 aliphatic heterocycles. The lowest BCUT2D eigenvalue weighted by Crippen LogP contribution is -2.14. The minimum absolute atomic E-state index is 1.04. The van der Waals surface area contributed by atoms with Gasteiger partial charge in [0.25, 0.3) is 0 Å². The summed E-state index contributed by atoms with van der Waals surface area (Å²) in [6, 6.07) is 0. The number of hydrogen-bond donors (Lipinski definition) is 0. The van der Waals surface area contributed by atoms with E-state index in [9.17, 15) is 0 Å². The van der Waals surface area contributed by atoms with Crippen LogP contribution in [-0.4, -0.2) is 0 Å². The monoisotopic (exact) mass is 176 g/mol. The van der Waals surface area contributed by atoms with E-state index in [0.717, 1.165) is 17.8 Å². The molecule has 3 aliphatic carbocycles. The molecular weight excluding hydrogens is 156 g/mol. The number of fused-ring (bicyclic) bond motifs is 5. The van der Waals surface area contributed by atoms with E-state index in [-0.39, 0.29) is 0 Å². The molecular formula is C13H20. The van der Waals surface area contributed by atoms with E-state index in [4.69, 9.17) is 0 Å². The van der Waals surface area contributed by atoms with Crippen LogP contribution < -0.4 is 0 Å². The Morgan fingerprint density at radius 1 is 1.00 bits per heavy atom. The van der Waals surface area contributed by atoms with Crippen LogP contribution >= 0.6 is 0 Å². The van der Waals surface area contributed by atoms with Crippen molar-refractivity contribution in [3.63, 3.8) is 0 Å². The maximum absolute atomic E-state index is 2.62. The van der Waals surface area contributed by atoms with Crippen LogP contribution in [0, 0.1) is 17.8 Å². The second-order valence-corrected chi connectivity index (χ2v) is 5.22. The molecule has 72 valence electrons. The summed E-state index contributed by atoms with van der Waals surface area (Å²) in [6.07, 6.45) is 14.6. The first-order chi connectivity index (χ1) is 6.45. The molecule has 0 aromatic heterocycles. The number of rotatable bonds is 0. The zero-order valence-electron chi connectivity index (χ0n) is 8.47. The van der Waals surface area contributed by atoms with Gasteiger partial charge in [-0.3, -0.25) is 0 Å². The molecule has 0 spiro atoms. The van der Waals surface area contributed by atoms with Crippen molar-refractivity contribution < 1.29 is 0 Å². The quantitative estimate of drug-likeness (QED) is 0.491. The van der Waals surface area contributed by atoms with Crippen LogP contribution in [0.1, 0.15) is 51.4 Å². The third kappa shape index (κ3) is 1.26. The summed E-state index contributed by atoms with van der Waals surface area (Å²) >= 11 is 0. The summed E-state index contributed by atoms with van der Waals surface area (Å²) in [6.45, 7) is 0. The first kappa shape index (κ1) is 8.08. The number of allylic oxidation sites excluding steroid dienone is 2. The standard InChI is InChI=1S/C13H20/c1-2-4-6-13-11-8-7-10(9-11)12(13)5-3-1/h5,10-11,13H,1-4,6-9H2. The third-order valence-corrected chi connectivity index (χ3v) is 4.54. The summed E-state index contributed by atoms with van der Waals surface area (Å²) in [5, 5.41) is 0. The van der Waals surface area contributed by atoms with Gasteiger partial charge in [-0.25, -0.2) is 0 Å². The van der Waals surface area contributed by atoms with Crippen LogP contribution in [0.25, 0.3) is 0 Å². The highest BCUT2D eigenvalue weighted by atomic mass is 14.5. The van der Waals surface area contributed by atoms with E-state index in [1.165, 1.54) is 38.5 Å². The van der Waals surface area contributed by atoms with Gasteiger partial charge >= 0.3 is 0 Å². The summed E-state index contributed by atoms with van der Waals surface area (Å²) in [5.74, 6) is 3.18. The first-order valence-electron chi connectivity index (χ1n) is 6.15. The van der Waals surface area contributed by atoms with Gasteiger partial charge in [-0.05, 0) is 56.3 Å². The van der Waals surface area contributed by atoms with Crippen LogP contribution in [0.5, 0.6) is 0 Å². The lowest BCUT2D eigenvalue weighted by molar-refractivity contribution is 0.363. The molecule has 0 nitrogen and oxygen atoms in total. The van der Waals surface area contributed by atoms with Gasteiger partial charge in [-0.15, -0.1) is 0 Å². The second kappa shape index (κ2) is 3.15. The van der Waals surface area contributed by atoms with Gasteiger partial charge in [-0.1, -0.05) is 24.5 Å². The minimum atomic E-state index is 1.04. The Morgan fingerprint density at radius 2 is 2.00 bits per heavy atom. The Kier molecular flexibility index (Phi) is 1.96. The van der Waals surface area contributed by atoms with Gasteiger partial charge in [0, 0.05) is 0 Å². The lowest BCUT2D eigenvalue weighted by atomic mass is 9.79. The SMILES string of the molecule is C1=C2C3CCC(C3)C2CCCCC1. The molecule has 0 amide bonds. The Balaban J connectivity index is 1.86. The molecule has 2 saturated carbocycles. The third-order valence-electron chi connectivity index (χ3n) is 4.54. The Bertz CT molecular complexity index is 226. The molecule has 0 heteroatoms. The maximum Gasteiger partial charge on any atom is -0.0172 e. The number of hydrogen-bond acceptors (Lipinski definition) is 0. The highest BCUT2D eigenvalue weighted by Gasteiger charge is 2.42. The van der Waals surface area contributed by atoms with E-state index in [2.05, 4.69) is 6.08 Å². The van der Waals surface area contributed by atoms with Crippen LogP contribution in [0.15, 0.2) is 11.6 Å². The van der Waals surface area contributed by atoms with Crippen molar-refractivity contribution in [2.45, 2.75) is 51.4 Å². The fraction of sp³-hybridized carbons (Fsp3) is 0.846. The normalized spacial score (nSPS) is 43.7. The Labute approximate surface area is 81.4 Å².